The minimum absolute atomic E-state index is 0.108. The maximum atomic E-state index is 11.6. The normalized spacial score (nSPS) is 14.5. The molecule has 0 spiro atoms. The Morgan fingerprint density at radius 2 is 2.06 bits per heavy atom. The summed E-state index contributed by atoms with van der Waals surface area (Å²) in [4.78, 5) is 15.7. The number of carbonyl (C=O) groups excluding carboxylic acids is 1. The van der Waals surface area contributed by atoms with Crippen LogP contribution in [0.4, 0.5) is 5.69 Å². The van der Waals surface area contributed by atoms with Crippen LogP contribution in [-0.4, -0.2) is 16.0 Å². The average molecular weight is 243 g/mol. The summed E-state index contributed by atoms with van der Waals surface area (Å²) in [5, 5.41) is 6.62. The van der Waals surface area contributed by atoms with Gasteiger partial charge in [-0.2, -0.15) is 4.98 Å². The third-order valence-electron chi connectivity index (χ3n) is 2.88. The fraction of sp³-hybridized carbons (Fsp3) is 0.308. The quantitative estimate of drug-likeness (QED) is 0.898. The molecule has 1 heterocycles. The van der Waals surface area contributed by atoms with Crippen molar-refractivity contribution in [1.82, 2.24) is 10.1 Å². The van der Waals surface area contributed by atoms with Crippen LogP contribution >= 0.6 is 0 Å². The molecule has 3 rings (SSSR count). The van der Waals surface area contributed by atoms with Crippen LogP contribution in [0.5, 0.6) is 0 Å². The number of nitrogens with zero attached hydrogens (tertiary/aromatic N) is 2. The van der Waals surface area contributed by atoms with E-state index in [4.69, 9.17) is 4.52 Å². The molecule has 5 nitrogen and oxygen atoms in total. The summed E-state index contributed by atoms with van der Waals surface area (Å²) in [6.07, 6.45) is 2.01. The number of aromatic nitrogens is 2. The zero-order valence-corrected chi connectivity index (χ0v) is 10.0. The number of anilines is 1. The van der Waals surface area contributed by atoms with Gasteiger partial charge in [-0.25, -0.2) is 0 Å². The first kappa shape index (κ1) is 11.0. The second-order valence-corrected chi connectivity index (χ2v) is 4.49. The highest BCUT2D eigenvalue weighted by molar-refractivity contribution is 5.94. The standard InChI is InChI=1S/C13H13N3O2/c1-8-14-13(18-16-8)10-4-6-11(7-5-10)15-12(17)9-2-3-9/h4-7,9H,2-3H2,1H3,(H,15,17). The minimum Gasteiger partial charge on any atom is -0.334 e. The highest BCUT2D eigenvalue weighted by Gasteiger charge is 2.29. The van der Waals surface area contributed by atoms with Gasteiger partial charge in [-0.15, -0.1) is 0 Å². The Hall–Kier alpha value is -2.17. The number of benzene rings is 1. The topological polar surface area (TPSA) is 68.0 Å². The molecule has 0 saturated heterocycles. The highest BCUT2D eigenvalue weighted by Crippen LogP contribution is 2.30. The van der Waals surface area contributed by atoms with Crippen LogP contribution in [0.3, 0.4) is 0 Å². The van der Waals surface area contributed by atoms with Gasteiger partial charge in [0.25, 0.3) is 5.89 Å². The van der Waals surface area contributed by atoms with E-state index in [1.54, 1.807) is 6.92 Å². The number of amides is 1. The van der Waals surface area contributed by atoms with Crippen molar-refractivity contribution in [3.8, 4) is 11.5 Å². The van der Waals surface area contributed by atoms with Crippen molar-refractivity contribution < 1.29 is 9.32 Å². The van der Waals surface area contributed by atoms with Crippen molar-refractivity contribution in [3.63, 3.8) is 0 Å². The van der Waals surface area contributed by atoms with E-state index in [-0.39, 0.29) is 11.8 Å². The fourth-order valence-corrected chi connectivity index (χ4v) is 1.70. The summed E-state index contributed by atoms with van der Waals surface area (Å²) in [5.74, 6) is 1.42. The molecule has 1 N–H and O–H groups in total. The number of rotatable bonds is 3. The molecule has 92 valence electrons. The molecule has 1 aromatic carbocycles. The van der Waals surface area contributed by atoms with Gasteiger partial charge in [-0.1, -0.05) is 5.16 Å². The largest absolute Gasteiger partial charge is 0.334 e. The number of hydrogen-bond acceptors (Lipinski definition) is 4. The minimum atomic E-state index is 0.108. The van der Waals surface area contributed by atoms with E-state index in [1.165, 1.54) is 0 Å². The average Bonchev–Trinajstić information content (AvgIpc) is 3.13. The van der Waals surface area contributed by atoms with Crippen LogP contribution in [0, 0.1) is 12.8 Å². The van der Waals surface area contributed by atoms with E-state index >= 15 is 0 Å². The van der Waals surface area contributed by atoms with E-state index < -0.39 is 0 Å². The summed E-state index contributed by atoms with van der Waals surface area (Å²) >= 11 is 0. The first-order valence-electron chi connectivity index (χ1n) is 5.94. The third-order valence-corrected chi connectivity index (χ3v) is 2.88. The Kier molecular flexibility index (Phi) is 2.59. The van der Waals surface area contributed by atoms with Gasteiger partial charge in [0.05, 0.1) is 0 Å². The fourth-order valence-electron chi connectivity index (χ4n) is 1.70. The van der Waals surface area contributed by atoms with Crippen molar-refractivity contribution in [2.24, 2.45) is 5.92 Å². The van der Waals surface area contributed by atoms with E-state index in [2.05, 4.69) is 15.5 Å². The molecular formula is C13H13N3O2. The second-order valence-electron chi connectivity index (χ2n) is 4.49. The van der Waals surface area contributed by atoms with Crippen LogP contribution in [0.25, 0.3) is 11.5 Å². The molecule has 0 aliphatic heterocycles. The van der Waals surface area contributed by atoms with Crippen molar-refractivity contribution in [1.29, 1.82) is 0 Å². The van der Waals surface area contributed by atoms with Gasteiger partial charge < -0.3 is 9.84 Å². The second kappa shape index (κ2) is 4.25. The third kappa shape index (κ3) is 2.25. The highest BCUT2D eigenvalue weighted by atomic mass is 16.5. The summed E-state index contributed by atoms with van der Waals surface area (Å²) in [7, 11) is 0. The lowest BCUT2D eigenvalue weighted by Crippen LogP contribution is -2.12. The SMILES string of the molecule is Cc1noc(-c2ccc(NC(=O)C3CC3)cc2)n1. The Morgan fingerprint density at radius 1 is 1.33 bits per heavy atom. The Morgan fingerprint density at radius 3 is 2.61 bits per heavy atom. The van der Waals surface area contributed by atoms with E-state index in [9.17, 15) is 4.79 Å². The van der Waals surface area contributed by atoms with Gasteiger partial charge in [0.1, 0.15) is 0 Å². The summed E-state index contributed by atoms with van der Waals surface area (Å²) in [6.45, 7) is 1.78. The van der Waals surface area contributed by atoms with Gasteiger partial charge >= 0.3 is 0 Å². The lowest BCUT2D eigenvalue weighted by molar-refractivity contribution is -0.117. The van der Waals surface area contributed by atoms with Crippen molar-refractivity contribution in [2.75, 3.05) is 5.32 Å². The molecule has 1 fully saturated rings. The first-order chi connectivity index (χ1) is 8.72. The summed E-state index contributed by atoms with van der Waals surface area (Å²) in [5.41, 5.74) is 1.65. The number of carbonyl (C=O) groups is 1. The van der Waals surface area contributed by atoms with Crippen LogP contribution < -0.4 is 5.32 Å². The zero-order chi connectivity index (χ0) is 12.5. The number of nitrogens with one attached hydrogen (secondary N) is 1. The summed E-state index contributed by atoms with van der Waals surface area (Å²) in [6, 6.07) is 7.40. The molecule has 1 aromatic heterocycles. The van der Waals surface area contributed by atoms with Gasteiger partial charge in [-0.3, -0.25) is 4.79 Å². The molecule has 1 aliphatic carbocycles. The van der Waals surface area contributed by atoms with Gasteiger partial charge in [-0.05, 0) is 44.0 Å². The van der Waals surface area contributed by atoms with Gasteiger partial charge in [0.2, 0.25) is 5.91 Å². The lowest BCUT2D eigenvalue weighted by atomic mass is 10.2. The van der Waals surface area contributed by atoms with Crippen molar-refractivity contribution in [3.05, 3.63) is 30.1 Å². The predicted octanol–water partition coefficient (Wildman–Crippen LogP) is 2.39. The molecule has 0 radical (unpaired) electrons. The first-order valence-corrected chi connectivity index (χ1v) is 5.94. The van der Waals surface area contributed by atoms with Crippen molar-refractivity contribution >= 4 is 11.6 Å². The van der Waals surface area contributed by atoms with Crippen molar-refractivity contribution in [2.45, 2.75) is 19.8 Å². The van der Waals surface area contributed by atoms with E-state index in [1.807, 2.05) is 24.3 Å². The van der Waals surface area contributed by atoms with Crippen LogP contribution in [-0.2, 0) is 4.79 Å². The molecule has 1 aliphatic rings. The van der Waals surface area contributed by atoms with Gasteiger partial charge in [0.15, 0.2) is 5.82 Å². The molecular weight excluding hydrogens is 230 g/mol. The molecule has 1 amide bonds. The Balaban J connectivity index is 1.74. The zero-order valence-electron chi connectivity index (χ0n) is 10.0. The van der Waals surface area contributed by atoms with Crippen LogP contribution in [0.2, 0.25) is 0 Å². The van der Waals surface area contributed by atoms with E-state index in [0.717, 1.165) is 24.1 Å². The molecule has 0 bridgehead atoms. The molecule has 0 unspecified atom stereocenters. The monoisotopic (exact) mass is 243 g/mol. The van der Waals surface area contributed by atoms with E-state index in [0.29, 0.717) is 11.7 Å². The molecule has 0 atom stereocenters. The summed E-state index contributed by atoms with van der Waals surface area (Å²) < 4.78 is 5.07. The van der Waals surface area contributed by atoms with Crippen LogP contribution in [0.15, 0.2) is 28.8 Å². The number of hydrogen-bond donors (Lipinski definition) is 1. The maximum Gasteiger partial charge on any atom is 0.257 e. The lowest BCUT2D eigenvalue weighted by Gasteiger charge is -2.04. The smallest absolute Gasteiger partial charge is 0.257 e. The Labute approximate surface area is 104 Å². The number of aryl methyl sites for hydroxylation is 1. The maximum absolute atomic E-state index is 11.6. The molecule has 18 heavy (non-hydrogen) atoms. The molecule has 1 saturated carbocycles. The van der Waals surface area contributed by atoms with Gasteiger partial charge in [0, 0.05) is 17.2 Å². The van der Waals surface area contributed by atoms with Crippen LogP contribution in [0.1, 0.15) is 18.7 Å². The Bertz CT molecular complexity index is 570. The predicted molar refractivity (Wildman–Crippen MR) is 65.8 cm³/mol. The molecule has 5 heteroatoms. The molecule has 2 aromatic rings.